The van der Waals surface area contributed by atoms with Gasteiger partial charge in [0.1, 0.15) is 19.8 Å². The van der Waals surface area contributed by atoms with Gasteiger partial charge in [-0.3, -0.25) is 18.6 Å². The topological polar surface area (TPSA) is 108 Å². The molecular formula is C48H97NO8P+. The summed E-state index contributed by atoms with van der Waals surface area (Å²) in [5, 5.41) is 0. The Hall–Kier alpha value is -0.990. The van der Waals surface area contributed by atoms with E-state index in [1.807, 2.05) is 21.1 Å². The maximum Gasteiger partial charge on any atom is 0.472 e. The number of phosphoric ester groups is 1. The first-order valence-corrected chi connectivity index (χ1v) is 26.3. The van der Waals surface area contributed by atoms with Gasteiger partial charge in [0.2, 0.25) is 0 Å². The number of carbonyl (C=O) groups excluding carboxylic acids is 2. The quantitative estimate of drug-likeness (QED) is 0.0279. The second kappa shape index (κ2) is 41.4. The summed E-state index contributed by atoms with van der Waals surface area (Å²) in [4.78, 5) is 35.5. The van der Waals surface area contributed by atoms with E-state index >= 15 is 0 Å². The smallest absolute Gasteiger partial charge is 0.462 e. The van der Waals surface area contributed by atoms with Crippen molar-refractivity contribution in [2.45, 2.75) is 251 Å². The van der Waals surface area contributed by atoms with E-state index in [1.165, 1.54) is 180 Å². The zero-order valence-corrected chi connectivity index (χ0v) is 40.0. The summed E-state index contributed by atoms with van der Waals surface area (Å²) >= 11 is 0. The predicted octanol–water partition coefficient (Wildman–Crippen LogP) is 14.4. The van der Waals surface area contributed by atoms with Crippen molar-refractivity contribution < 1.29 is 42.1 Å². The van der Waals surface area contributed by atoms with E-state index in [2.05, 4.69) is 13.8 Å². The number of carbonyl (C=O) groups is 2. The number of nitrogens with zero attached hydrogens (tertiary/aromatic N) is 1. The van der Waals surface area contributed by atoms with E-state index in [0.717, 1.165) is 38.5 Å². The second-order valence-electron chi connectivity index (χ2n) is 18.2. The van der Waals surface area contributed by atoms with Crippen molar-refractivity contribution in [3.05, 3.63) is 0 Å². The summed E-state index contributed by atoms with van der Waals surface area (Å²) in [6, 6.07) is 0. The van der Waals surface area contributed by atoms with Crippen molar-refractivity contribution in [1.82, 2.24) is 0 Å². The van der Waals surface area contributed by atoms with E-state index in [9.17, 15) is 19.0 Å². The fraction of sp³-hybridized carbons (Fsp3) is 0.958. The molecule has 0 amide bonds. The molecule has 1 N–H and O–H groups in total. The van der Waals surface area contributed by atoms with Gasteiger partial charge in [-0.1, -0.05) is 219 Å². The summed E-state index contributed by atoms with van der Waals surface area (Å²) in [6.45, 7) is 4.48. The molecule has 0 rings (SSSR count). The first-order chi connectivity index (χ1) is 28.0. The highest BCUT2D eigenvalue weighted by molar-refractivity contribution is 7.47. The van der Waals surface area contributed by atoms with Crippen LogP contribution in [0.25, 0.3) is 0 Å². The summed E-state index contributed by atoms with van der Waals surface area (Å²) in [5.74, 6) is -0.779. The minimum Gasteiger partial charge on any atom is -0.462 e. The molecule has 0 aromatic rings. The number of unbranched alkanes of at least 4 members (excludes halogenated alkanes) is 32. The molecule has 2 atom stereocenters. The molecule has 0 aliphatic rings. The van der Waals surface area contributed by atoms with Gasteiger partial charge in [-0.05, 0) is 12.8 Å². The van der Waals surface area contributed by atoms with Gasteiger partial charge < -0.3 is 18.9 Å². The highest BCUT2D eigenvalue weighted by Crippen LogP contribution is 2.43. The van der Waals surface area contributed by atoms with Crippen LogP contribution in [0.15, 0.2) is 0 Å². The zero-order valence-electron chi connectivity index (χ0n) is 39.1. The average Bonchev–Trinajstić information content (AvgIpc) is 3.17. The minimum absolute atomic E-state index is 0.0371. The van der Waals surface area contributed by atoms with Gasteiger partial charge in [-0.2, -0.15) is 0 Å². The lowest BCUT2D eigenvalue weighted by atomic mass is 10.0. The van der Waals surface area contributed by atoms with Gasteiger partial charge in [-0.15, -0.1) is 0 Å². The van der Waals surface area contributed by atoms with Crippen LogP contribution in [-0.4, -0.2) is 74.9 Å². The van der Waals surface area contributed by atoms with Crippen LogP contribution in [0.2, 0.25) is 0 Å². The minimum atomic E-state index is -4.37. The van der Waals surface area contributed by atoms with E-state index in [1.54, 1.807) is 0 Å². The maximum absolute atomic E-state index is 12.7. The van der Waals surface area contributed by atoms with Crippen LogP contribution in [0.3, 0.4) is 0 Å². The van der Waals surface area contributed by atoms with Gasteiger partial charge in [0.05, 0.1) is 27.7 Å². The van der Waals surface area contributed by atoms with Gasteiger partial charge in [0.25, 0.3) is 0 Å². The molecular weight excluding hydrogens is 750 g/mol. The number of likely N-dealkylation sites (N-methyl/N-ethyl adjacent to an activating group) is 1. The van der Waals surface area contributed by atoms with Crippen molar-refractivity contribution in [2.24, 2.45) is 0 Å². The molecule has 0 aliphatic heterocycles. The fourth-order valence-corrected chi connectivity index (χ4v) is 7.99. The lowest BCUT2D eigenvalue weighted by Crippen LogP contribution is -2.37. The van der Waals surface area contributed by atoms with Crippen molar-refractivity contribution in [3.63, 3.8) is 0 Å². The van der Waals surface area contributed by atoms with E-state index in [-0.39, 0.29) is 25.6 Å². The molecule has 0 bridgehead atoms. The lowest BCUT2D eigenvalue weighted by molar-refractivity contribution is -0.870. The number of rotatable bonds is 46. The Morgan fingerprint density at radius 3 is 1.10 bits per heavy atom. The van der Waals surface area contributed by atoms with E-state index in [4.69, 9.17) is 18.5 Å². The van der Waals surface area contributed by atoms with Gasteiger partial charge in [0, 0.05) is 12.8 Å². The third-order valence-corrected chi connectivity index (χ3v) is 12.1. The Morgan fingerprint density at radius 1 is 0.466 bits per heavy atom. The molecule has 0 heterocycles. The molecule has 0 spiro atoms. The monoisotopic (exact) mass is 847 g/mol. The molecule has 0 radical (unpaired) electrons. The van der Waals surface area contributed by atoms with Crippen LogP contribution in [0.5, 0.6) is 0 Å². The van der Waals surface area contributed by atoms with Gasteiger partial charge >= 0.3 is 19.8 Å². The van der Waals surface area contributed by atoms with Gasteiger partial charge in [-0.25, -0.2) is 4.57 Å². The van der Waals surface area contributed by atoms with Crippen LogP contribution < -0.4 is 0 Å². The molecule has 10 heteroatoms. The Morgan fingerprint density at radius 2 is 0.776 bits per heavy atom. The first-order valence-electron chi connectivity index (χ1n) is 24.8. The molecule has 0 aromatic heterocycles. The number of esters is 2. The molecule has 346 valence electrons. The van der Waals surface area contributed by atoms with E-state index < -0.39 is 26.5 Å². The standard InChI is InChI=1S/C48H96NO8P/c1-6-8-10-12-14-16-18-20-22-24-25-27-29-31-33-35-37-39-41-48(51)57-46(45-56-58(52,53)55-43-42-49(3,4)5)44-54-47(50)40-38-36-34-32-30-28-26-23-21-19-17-15-13-11-9-7-2/h46H,6-45H2,1-5H3/p+1/t46-/m1/s1. The second-order valence-corrected chi connectivity index (χ2v) is 19.7. The third kappa shape index (κ3) is 44.6. The van der Waals surface area contributed by atoms with Crippen LogP contribution in [0.4, 0.5) is 0 Å². The Labute approximate surface area is 359 Å². The number of phosphoric acid groups is 1. The number of ether oxygens (including phenoxy) is 2. The molecule has 0 fully saturated rings. The molecule has 9 nitrogen and oxygen atoms in total. The predicted molar refractivity (Wildman–Crippen MR) is 243 cm³/mol. The third-order valence-electron chi connectivity index (χ3n) is 11.1. The van der Waals surface area contributed by atoms with Crippen molar-refractivity contribution in [1.29, 1.82) is 0 Å². The molecule has 0 aromatic carbocycles. The fourth-order valence-electron chi connectivity index (χ4n) is 7.25. The summed E-state index contributed by atoms with van der Waals surface area (Å²) in [7, 11) is 1.50. The van der Waals surface area contributed by atoms with Crippen molar-refractivity contribution >= 4 is 19.8 Å². The lowest BCUT2D eigenvalue weighted by Gasteiger charge is -2.24. The Bertz CT molecular complexity index is 958. The number of hydrogen-bond acceptors (Lipinski definition) is 7. The SMILES string of the molecule is CCCCCCCCCCCCCCCCCCCCC(=O)O[C@H](COC(=O)CCCCCCCCCCCCCCCCCC)COP(=O)(O)OCC[N+](C)(C)C. The molecule has 1 unspecified atom stereocenters. The van der Waals surface area contributed by atoms with Crippen LogP contribution in [-0.2, 0) is 32.7 Å². The summed E-state index contributed by atoms with van der Waals surface area (Å²) in [6.07, 6.45) is 42.9. The highest BCUT2D eigenvalue weighted by atomic mass is 31.2. The average molecular weight is 847 g/mol. The van der Waals surface area contributed by atoms with Crippen LogP contribution in [0.1, 0.15) is 245 Å². The summed E-state index contributed by atoms with van der Waals surface area (Å²) < 4.78 is 34.4. The Kier molecular flexibility index (Phi) is 40.7. The Balaban J connectivity index is 4.23. The molecule has 0 aliphatic carbocycles. The highest BCUT2D eigenvalue weighted by Gasteiger charge is 2.27. The first kappa shape index (κ1) is 57.0. The molecule has 0 saturated heterocycles. The molecule has 58 heavy (non-hydrogen) atoms. The van der Waals surface area contributed by atoms with E-state index in [0.29, 0.717) is 17.4 Å². The van der Waals surface area contributed by atoms with Crippen LogP contribution >= 0.6 is 7.82 Å². The van der Waals surface area contributed by atoms with Crippen molar-refractivity contribution in [2.75, 3.05) is 47.5 Å². The largest absolute Gasteiger partial charge is 0.472 e. The van der Waals surface area contributed by atoms with Crippen LogP contribution in [0, 0.1) is 0 Å². The molecule has 0 saturated carbocycles. The van der Waals surface area contributed by atoms with Gasteiger partial charge in [0.15, 0.2) is 6.10 Å². The summed E-state index contributed by atoms with van der Waals surface area (Å²) in [5.41, 5.74) is 0. The number of quaternary nitrogens is 1. The maximum atomic E-state index is 12.7. The zero-order chi connectivity index (χ0) is 42.8. The number of hydrogen-bond donors (Lipinski definition) is 1. The normalized spacial score (nSPS) is 13.4. The van der Waals surface area contributed by atoms with Crippen molar-refractivity contribution in [3.8, 4) is 0 Å².